The third-order valence-corrected chi connectivity index (χ3v) is 10.3. The molecule has 0 radical (unpaired) electrons. The van der Waals surface area contributed by atoms with Gasteiger partial charge in [-0.3, -0.25) is 0 Å². The fourth-order valence-electron chi connectivity index (χ4n) is 7.42. The number of hydrogen-bond acceptors (Lipinski definition) is 1. The Bertz CT molecular complexity index is 2500. The summed E-state index contributed by atoms with van der Waals surface area (Å²) in [6.45, 7) is 0. The molecule has 8 aromatic carbocycles. The van der Waals surface area contributed by atoms with Crippen molar-refractivity contribution in [2.45, 2.75) is 0 Å². The second kappa shape index (κ2) is 7.81. The first-order valence-corrected chi connectivity index (χ1v) is 15.0. The number of hydrogen-bond donors (Lipinski definition) is 0. The van der Waals surface area contributed by atoms with Crippen molar-refractivity contribution in [2.24, 2.45) is 0 Å². The quantitative estimate of drug-likeness (QED) is 0.193. The van der Waals surface area contributed by atoms with Crippen LogP contribution in [0.1, 0.15) is 0 Å². The van der Waals surface area contributed by atoms with Gasteiger partial charge in [-0.2, -0.15) is 0 Å². The van der Waals surface area contributed by atoms with Crippen molar-refractivity contribution in [2.75, 3.05) is 0 Å². The van der Waals surface area contributed by atoms with Gasteiger partial charge >= 0.3 is 0 Å². The summed E-state index contributed by atoms with van der Waals surface area (Å²) in [5, 5.41) is 10.7. The fourth-order valence-corrected chi connectivity index (χ4v) is 8.57. The molecule has 0 bridgehead atoms. The number of benzene rings is 8. The first kappa shape index (κ1) is 21.8. The second-order valence-electron chi connectivity index (χ2n) is 11.2. The van der Waals surface area contributed by atoms with E-state index in [4.69, 9.17) is 0 Å². The SMILES string of the molecule is c1ccc2c(c1)-c1cccc3c(-c4ccc5cccc(-c6ccc7sc8cccc9ccc6c7c98)c5c4)ccc-2c13. The average molecular weight is 535 g/mol. The van der Waals surface area contributed by atoms with Gasteiger partial charge < -0.3 is 0 Å². The topological polar surface area (TPSA) is 0 Å². The van der Waals surface area contributed by atoms with Crippen LogP contribution in [0.4, 0.5) is 0 Å². The molecule has 0 spiro atoms. The summed E-state index contributed by atoms with van der Waals surface area (Å²) in [5.41, 5.74) is 10.5. The molecule has 10 rings (SSSR count). The van der Waals surface area contributed by atoms with Gasteiger partial charge in [0.25, 0.3) is 0 Å². The summed E-state index contributed by atoms with van der Waals surface area (Å²) in [7, 11) is 0. The summed E-state index contributed by atoms with van der Waals surface area (Å²) < 4.78 is 2.74. The largest absolute Gasteiger partial charge is 0.135 e. The molecule has 1 heterocycles. The lowest BCUT2D eigenvalue weighted by molar-refractivity contribution is 1.67. The van der Waals surface area contributed by atoms with E-state index in [9.17, 15) is 0 Å². The molecule has 0 N–H and O–H groups in total. The first-order chi connectivity index (χ1) is 20.3. The summed E-state index contributed by atoms with van der Waals surface area (Å²) in [5.74, 6) is 0. The molecule has 188 valence electrons. The van der Waals surface area contributed by atoms with Crippen molar-refractivity contribution in [3.05, 3.63) is 133 Å². The van der Waals surface area contributed by atoms with Crippen LogP contribution in [-0.4, -0.2) is 0 Å². The number of fused-ring (bicyclic) bond motifs is 4. The highest BCUT2D eigenvalue weighted by atomic mass is 32.1. The average Bonchev–Trinajstić information content (AvgIpc) is 3.58. The van der Waals surface area contributed by atoms with Gasteiger partial charge in [0.2, 0.25) is 0 Å². The van der Waals surface area contributed by atoms with Gasteiger partial charge in [-0.1, -0.05) is 115 Å². The van der Waals surface area contributed by atoms with Crippen LogP contribution in [0.5, 0.6) is 0 Å². The minimum Gasteiger partial charge on any atom is -0.135 e. The van der Waals surface area contributed by atoms with E-state index in [0.29, 0.717) is 0 Å². The lowest BCUT2D eigenvalue weighted by atomic mass is 9.89. The molecule has 1 aromatic heterocycles. The normalized spacial score (nSPS) is 12.4. The minimum atomic E-state index is 1.26. The minimum absolute atomic E-state index is 1.26. The molecule has 0 aliphatic heterocycles. The molecule has 0 saturated heterocycles. The van der Waals surface area contributed by atoms with Crippen molar-refractivity contribution < 1.29 is 0 Å². The smallest absolute Gasteiger partial charge is 0.0362 e. The van der Waals surface area contributed by atoms with Crippen LogP contribution in [0.2, 0.25) is 0 Å². The van der Waals surface area contributed by atoms with Crippen molar-refractivity contribution in [1.82, 2.24) is 0 Å². The molecule has 41 heavy (non-hydrogen) atoms. The van der Waals surface area contributed by atoms with Crippen LogP contribution >= 0.6 is 11.3 Å². The molecule has 0 saturated carbocycles. The zero-order chi connectivity index (χ0) is 26.7. The molecule has 0 unspecified atom stereocenters. The lowest BCUT2D eigenvalue weighted by Crippen LogP contribution is -1.87. The van der Waals surface area contributed by atoms with Gasteiger partial charge in [0.1, 0.15) is 0 Å². The van der Waals surface area contributed by atoms with Gasteiger partial charge in [-0.25, -0.2) is 0 Å². The molecule has 1 aliphatic carbocycles. The zero-order valence-electron chi connectivity index (χ0n) is 22.1. The van der Waals surface area contributed by atoms with Gasteiger partial charge in [0.05, 0.1) is 0 Å². The first-order valence-electron chi connectivity index (χ1n) is 14.2. The van der Waals surface area contributed by atoms with Gasteiger partial charge in [0, 0.05) is 20.2 Å². The Labute approximate surface area is 241 Å². The van der Waals surface area contributed by atoms with E-state index in [0.717, 1.165) is 0 Å². The van der Waals surface area contributed by atoms with E-state index >= 15 is 0 Å². The Hall–Kier alpha value is -4.98. The highest BCUT2D eigenvalue weighted by Crippen LogP contribution is 2.50. The summed E-state index contributed by atoms with van der Waals surface area (Å²) in [6.07, 6.45) is 0. The molecule has 1 heteroatoms. The van der Waals surface area contributed by atoms with Gasteiger partial charge in [-0.15, -0.1) is 11.3 Å². The lowest BCUT2D eigenvalue weighted by Gasteiger charge is -2.14. The Morgan fingerprint density at radius 3 is 1.88 bits per heavy atom. The summed E-state index contributed by atoms with van der Waals surface area (Å²) in [4.78, 5) is 0. The van der Waals surface area contributed by atoms with Crippen LogP contribution in [0.3, 0.4) is 0 Å². The van der Waals surface area contributed by atoms with Crippen LogP contribution in [0.25, 0.3) is 97.0 Å². The van der Waals surface area contributed by atoms with E-state index in [2.05, 4.69) is 133 Å². The van der Waals surface area contributed by atoms with E-state index in [-0.39, 0.29) is 0 Å². The predicted octanol–water partition coefficient (Wildman–Crippen LogP) is 11.9. The fraction of sp³-hybridized carbons (Fsp3) is 0. The maximum absolute atomic E-state index is 2.41. The van der Waals surface area contributed by atoms with Gasteiger partial charge in [0.15, 0.2) is 0 Å². The monoisotopic (exact) mass is 534 g/mol. The predicted molar refractivity (Wildman–Crippen MR) is 178 cm³/mol. The van der Waals surface area contributed by atoms with Crippen molar-refractivity contribution in [3.8, 4) is 44.5 Å². The zero-order valence-corrected chi connectivity index (χ0v) is 22.9. The van der Waals surface area contributed by atoms with E-state index in [1.807, 2.05) is 11.3 Å². The third-order valence-electron chi connectivity index (χ3n) is 9.20. The maximum atomic E-state index is 2.41. The van der Waals surface area contributed by atoms with E-state index in [1.165, 1.54) is 97.0 Å². The van der Waals surface area contributed by atoms with Crippen molar-refractivity contribution in [3.63, 3.8) is 0 Å². The maximum Gasteiger partial charge on any atom is 0.0362 e. The van der Waals surface area contributed by atoms with Crippen molar-refractivity contribution in [1.29, 1.82) is 0 Å². The van der Waals surface area contributed by atoms with Crippen LogP contribution in [0, 0.1) is 0 Å². The van der Waals surface area contributed by atoms with E-state index < -0.39 is 0 Å². The molecule has 0 amide bonds. The van der Waals surface area contributed by atoms with Crippen molar-refractivity contribution >= 4 is 63.8 Å². The molecular formula is C40H22S. The Morgan fingerprint density at radius 2 is 0.951 bits per heavy atom. The second-order valence-corrected chi connectivity index (χ2v) is 12.3. The van der Waals surface area contributed by atoms with Crippen LogP contribution in [0.15, 0.2) is 133 Å². The highest BCUT2D eigenvalue weighted by molar-refractivity contribution is 7.26. The molecule has 0 nitrogen and oxygen atoms in total. The summed E-state index contributed by atoms with van der Waals surface area (Å²) in [6, 6.07) is 49.9. The molecule has 1 aliphatic rings. The number of rotatable bonds is 2. The third kappa shape index (κ3) is 2.84. The van der Waals surface area contributed by atoms with Gasteiger partial charge in [-0.05, 0) is 95.0 Å². The molecular weight excluding hydrogens is 513 g/mol. The Kier molecular flexibility index (Phi) is 4.15. The van der Waals surface area contributed by atoms with Crippen LogP contribution < -0.4 is 0 Å². The molecule has 9 aromatic rings. The Morgan fingerprint density at radius 1 is 0.317 bits per heavy atom. The standard InChI is InChI=1S/C40H22S/c1-2-9-28-27(8-1)32-12-5-11-31-26(18-19-33(28)39(31)32)25-15-14-23-6-3-10-29(35(23)22-25)30-20-21-37-40-34(30)17-16-24-7-4-13-36(41-37)38(24)40/h1-22H. The molecule has 0 fully saturated rings. The van der Waals surface area contributed by atoms with E-state index in [1.54, 1.807) is 0 Å². The summed E-state index contributed by atoms with van der Waals surface area (Å²) >= 11 is 1.90. The van der Waals surface area contributed by atoms with Crippen LogP contribution in [-0.2, 0) is 0 Å². The highest BCUT2D eigenvalue weighted by Gasteiger charge is 2.22. The number of thiophene rings is 1. The Balaban J connectivity index is 1.23. The molecule has 0 atom stereocenters.